The fourth-order valence-electron chi connectivity index (χ4n) is 3.12. The molecular formula is C21H22N6O11S2. The number of hydrogen-bond acceptors (Lipinski definition) is 12. The van der Waals surface area contributed by atoms with Gasteiger partial charge in [-0.3, -0.25) is 14.9 Å². The molecule has 0 aliphatic heterocycles. The van der Waals surface area contributed by atoms with Crippen LogP contribution in [0.5, 0.6) is 17.5 Å². The minimum atomic E-state index is -4.27. The summed E-state index contributed by atoms with van der Waals surface area (Å²) in [5.41, 5.74) is -0.357. The average Bonchev–Trinajstić information content (AvgIpc) is 3.37. The summed E-state index contributed by atoms with van der Waals surface area (Å²) in [5, 5.41) is 20.3. The van der Waals surface area contributed by atoms with Crippen LogP contribution in [0.25, 0.3) is 11.4 Å². The van der Waals surface area contributed by atoms with Gasteiger partial charge in [-0.1, -0.05) is 0 Å². The van der Waals surface area contributed by atoms with Gasteiger partial charge in [-0.2, -0.15) is 9.97 Å². The first-order chi connectivity index (χ1) is 18.6. The van der Waals surface area contributed by atoms with Crippen molar-refractivity contribution in [2.24, 2.45) is 0 Å². The van der Waals surface area contributed by atoms with Crippen LogP contribution in [0.15, 0.2) is 35.7 Å². The Labute approximate surface area is 228 Å². The molecule has 0 saturated heterocycles. The summed E-state index contributed by atoms with van der Waals surface area (Å²) in [4.78, 5) is 50.2. The van der Waals surface area contributed by atoms with E-state index >= 15 is 0 Å². The van der Waals surface area contributed by atoms with Crippen molar-refractivity contribution in [2.45, 2.75) is 17.7 Å². The predicted molar refractivity (Wildman–Crippen MR) is 136 cm³/mol. The first-order valence-electron chi connectivity index (χ1n) is 10.9. The zero-order valence-corrected chi connectivity index (χ0v) is 22.6. The number of benzene rings is 1. The maximum atomic E-state index is 12.3. The Morgan fingerprint density at radius 3 is 2.42 bits per heavy atom. The molecule has 2 aromatic heterocycles. The van der Waals surface area contributed by atoms with Gasteiger partial charge in [0.1, 0.15) is 11.6 Å². The molecule has 2 unspecified atom stereocenters. The number of aromatic nitrogens is 4. The van der Waals surface area contributed by atoms with Crippen molar-refractivity contribution in [1.82, 2.24) is 24.8 Å². The molecule has 0 saturated carbocycles. The lowest BCUT2D eigenvalue weighted by Gasteiger charge is -2.15. The van der Waals surface area contributed by atoms with E-state index in [4.69, 9.17) is 14.0 Å². The first kappa shape index (κ1) is 30.1. The Hall–Kier alpha value is -4.49. The highest BCUT2D eigenvalue weighted by Gasteiger charge is 2.35. The van der Waals surface area contributed by atoms with Crippen molar-refractivity contribution in [3.63, 3.8) is 0 Å². The Balaban J connectivity index is 2.20. The number of rotatable bonds is 12. The van der Waals surface area contributed by atoms with E-state index in [9.17, 15) is 37.4 Å². The summed E-state index contributed by atoms with van der Waals surface area (Å²) < 4.78 is 55.4. The average molecular weight is 599 g/mol. The van der Waals surface area contributed by atoms with Gasteiger partial charge in [0.2, 0.25) is 21.8 Å². The molecule has 0 bridgehead atoms. The molecule has 0 radical (unpaired) electrons. The number of carbonyl (C=O) groups excluding carboxylic acids is 1. The third-order valence-corrected chi connectivity index (χ3v) is 6.38. The van der Waals surface area contributed by atoms with Crippen molar-refractivity contribution in [2.75, 3.05) is 26.1 Å². The molecule has 0 spiro atoms. The van der Waals surface area contributed by atoms with Crippen LogP contribution in [-0.2, 0) is 36.9 Å². The van der Waals surface area contributed by atoms with E-state index in [-0.39, 0.29) is 18.1 Å². The fourth-order valence-corrected chi connectivity index (χ4v) is 4.08. The van der Waals surface area contributed by atoms with Crippen LogP contribution in [-0.4, -0.2) is 96.1 Å². The van der Waals surface area contributed by atoms with Crippen molar-refractivity contribution in [3.05, 3.63) is 46.3 Å². The molecule has 1 aromatic carbocycles. The number of carbonyl (C=O) groups is 2. The summed E-state index contributed by atoms with van der Waals surface area (Å²) in [5.74, 6) is -4.93. The highest BCUT2D eigenvalue weighted by molar-refractivity contribution is 7.90. The smallest absolute Gasteiger partial charge is 0.392 e. The summed E-state index contributed by atoms with van der Waals surface area (Å²) in [7, 11) is -1.17. The third-order valence-electron chi connectivity index (χ3n) is 4.94. The number of sulfone groups is 1. The number of nitrogens with one attached hydrogen (secondary N) is 1. The van der Waals surface area contributed by atoms with Crippen LogP contribution in [0.4, 0.5) is 5.69 Å². The molecule has 3 rings (SSSR count). The number of likely N-dealkylation sites (N-methyl/N-ethyl adjacent to an activating group) is 1. The molecule has 2 atom stereocenters. The number of H-pyrrole nitrogens is 1. The highest BCUT2D eigenvalue weighted by atomic mass is 32.2. The highest BCUT2D eigenvalue weighted by Crippen LogP contribution is 2.38. The summed E-state index contributed by atoms with van der Waals surface area (Å²) in [6, 6.07) is 4.35. The number of carboxylic acid groups (broad SMARTS) is 1. The first-order valence-corrected chi connectivity index (χ1v) is 14.1. The Kier molecular flexibility index (Phi) is 9.12. The van der Waals surface area contributed by atoms with Gasteiger partial charge < -0.3 is 29.0 Å². The minimum absolute atomic E-state index is 0.106. The quantitative estimate of drug-likeness (QED) is 0.112. The number of imidazole rings is 1. The van der Waals surface area contributed by atoms with Gasteiger partial charge in [-0.05, 0) is 23.8 Å². The predicted octanol–water partition coefficient (Wildman–Crippen LogP) is 0.655. The molecule has 19 heteroatoms. The van der Waals surface area contributed by atoms with E-state index in [0.29, 0.717) is 23.2 Å². The van der Waals surface area contributed by atoms with Crippen molar-refractivity contribution < 1.29 is 46.3 Å². The molecule has 40 heavy (non-hydrogen) atoms. The van der Waals surface area contributed by atoms with E-state index in [1.807, 2.05) is 0 Å². The van der Waals surface area contributed by atoms with E-state index in [1.165, 1.54) is 29.4 Å². The summed E-state index contributed by atoms with van der Waals surface area (Å²) >= 11 is -2.70. The maximum absolute atomic E-state index is 12.3. The largest absolute Gasteiger partial charge is 0.478 e. The number of hydrogen-bond donors (Lipinski definition) is 3. The van der Waals surface area contributed by atoms with Crippen molar-refractivity contribution in [3.8, 4) is 28.9 Å². The monoisotopic (exact) mass is 598 g/mol. The van der Waals surface area contributed by atoms with Gasteiger partial charge in [-0.25, -0.2) is 22.4 Å². The lowest BCUT2D eigenvalue weighted by molar-refractivity contribution is -0.387. The number of aliphatic carboxylic acids is 1. The molecule has 1 amide bonds. The van der Waals surface area contributed by atoms with Crippen LogP contribution in [0.3, 0.4) is 0 Å². The molecule has 0 fully saturated rings. The normalized spacial score (nSPS) is 12.8. The van der Waals surface area contributed by atoms with E-state index in [1.54, 1.807) is 20.2 Å². The van der Waals surface area contributed by atoms with Crippen LogP contribution in [0, 0.1) is 10.1 Å². The molecule has 214 valence electrons. The van der Waals surface area contributed by atoms with E-state index in [2.05, 4.69) is 19.9 Å². The van der Waals surface area contributed by atoms with Gasteiger partial charge in [0.25, 0.3) is 5.16 Å². The molecule has 3 N–H and O–H groups in total. The Morgan fingerprint density at radius 2 is 1.90 bits per heavy atom. The molecule has 17 nitrogen and oxygen atoms in total. The van der Waals surface area contributed by atoms with Gasteiger partial charge in [-0.15, -0.1) is 0 Å². The summed E-state index contributed by atoms with van der Waals surface area (Å²) in [6.45, 7) is 0. The van der Waals surface area contributed by atoms with Gasteiger partial charge in [0.05, 0.1) is 17.1 Å². The van der Waals surface area contributed by atoms with Crippen LogP contribution in [0.1, 0.15) is 5.56 Å². The van der Waals surface area contributed by atoms with E-state index < -0.39 is 66.3 Å². The maximum Gasteiger partial charge on any atom is 0.392 e. The molecule has 2 heterocycles. The van der Waals surface area contributed by atoms with Gasteiger partial charge in [0.15, 0.2) is 11.1 Å². The van der Waals surface area contributed by atoms with Crippen molar-refractivity contribution >= 4 is 38.5 Å². The number of amides is 1. The minimum Gasteiger partial charge on any atom is -0.478 e. The lowest BCUT2D eigenvalue weighted by atomic mass is 10.1. The SMILES string of the molecule is CN(C)C(=O)Cc1cc(Oc2nc(S(C)(=O)=O)nc(OC(CS(=O)O)C(=O)O)c2[N+](=O)[O-])cc(-c2ncc[nH]2)c1. The third kappa shape index (κ3) is 7.55. The second kappa shape index (κ2) is 12.1. The number of nitro groups is 1. The standard InChI is InChI=1S/C21H22N6O11S2/c1-26(2)15(28)8-11-6-12(17-22-4-5-23-17)9-13(7-11)37-18-16(27(31)32)19(25-21(24-18)40(3,35)36)38-14(20(29)30)10-39(33)34/h4-7,9,14H,8,10H2,1-3H3,(H,22,23)(H,29,30)(H,33,34). The topological polar surface area (TPSA) is 245 Å². The molecule has 0 aliphatic carbocycles. The van der Waals surface area contributed by atoms with Crippen molar-refractivity contribution in [1.29, 1.82) is 0 Å². The number of carboxylic acids is 1. The van der Waals surface area contributed by atoms with Crippen LogP contribution in [0.2, 0.25) is 0 Å². The van der Waals surface area contributed by atoms with E-state index in [0.717, 1.165) is 0 Å². The second-order valence-electron chi connectivity index (χ2n) is 8.30. The number of nitrogens with zero attached hydrogens (tertiary/aromatic N) is 5. The molecule has 3 aromatic rings. The molecular weight excluding hydrogens is 576 g/mol. The summed E-state index contributed by atoms with van der Waals surface area (Å²) in [6.07, 6.45) is 1.45. The Bertz CT molecular complexity index is 1580. The zero-order chi connectivity index (χ0) is 29.8. The van der Waals surface area contributed by atoms with Crippen LogP contribution < -0.4 is 9.47 Å². The molecule has 0 aliphatic rings. The lowest BCUT2D eigenvalue weighted by Crippen LogP contribution is -2.33. The number of ether oxygens (including phenoxy) is 2. The second-order valence-corrected chi connectivity index (χ2v) is 11.2. The fraction of sp³-hybridized carbons (Fsp3) is 0.286. The zero-order valence-electron chi connectivity index (χ0n) is 21.0. The van der Waals surface area contributed by atoms with Crippen LogP contribution >= 0.6 is 0 Å². The van der Waals surface area contributed by atoms with Gasteiger partial charge in [0, 0.05) is 38.3 Å². The Morgan fingerprint density at radius 1 is 1.23 bits per heavy atom. The number of aromatic amines is 1. The van der Waals surface area contributed by atoms with Gasteiger partial charge >= 0.3 is 23.4 Å².